The molecule has 0 unspecified atom stereocenters. The van der Waals surface area contributed by atoms with Crippen molar-refractivity contribution in [2.75, 3.05) is 19.6 Å². The van der Waals surface area contributed by atoms with Gasteiger partial charge in [0.2, 0.25) is 0 Å². The van der Waals surface area contributed by atoms with Crippen LogP contribution < -0.4 is 36.0 Å². The van der Waals surface area contributed by atoms with Crippen LogP contribution in [0.25, 0.3) is 92.2 Å². The minimum Gasteiger partial charge on any atom is -0.310 e. The number of nitriles is 2. The molecule has 9 heteroatoms. The standard InChI is InChI=1S/C106H78BN7S/c1-105(2,3)75-51-59-91-88(61-75)89-62-76(106(4,5)6)52-60-92(89)112(91)82-64-95-100-96(65-82)114(103-85(73-33-17-9-18-34-73)44-28-45-86(103)74-35-19-10-20-36-74)97-66-94(111(78-39-23-12-24-40-78)80-55-49-70(68-109)50-56-80)99-87-41-25-26-46-98(87)115-104(99)101(97)107(100)90-58-57-81(110(77-37-21-11-22-38-77)79-53-47-69(67-108)48-54-79)63-93(90)113(95)102-83(71-29-13-7-14-30-71)42-27-43-84(102)72-31-15-8-16-32-72/h7-66H,1-6H3. The van der Waals surface area contributed by atoms with E-state index >= 15 is 0 Å². The molecule has 4 heterocycles. The first kappa shape index (κ1) is 69.9. The Morgan fingerprint density at radius 1 is 0.330 bits per heavy atom. The third-order valence-corrected chi connectivity index (χ3v) is 24.5. The van der Waals surface area contributed by atoms with Gasteiger partial charge in [-0.2, -0.15) is 10.5 Å². The van der Waals surface area contributed by atoms with Crippen LogP contribution in [0, 0.1) is 22.7 Å². The van der Waals surface area contributed by atoms with Gasteiger partial charge in [0.15, 0.2) is 0 Å². The van der Waals surface area contributed by atoms with E-state index in [0.717, 1.165) is 161 Å². The van der Waals surface area contributed by atoms with Crippen molar-refractivity contribution in [2.45, 2.75) is 52.4 Å². The lowest BCUT2D eigenvalue weighted by Gasteiger charge is -2.46. The van der Waals surface area contributed by atoms with Crippen LogP contribution in [0.3, 0.4) is 0 Å². The Balaban J connectivity index is 1.03. The third kappa shape index (κ3) is 11.8. The molecule has 0 fully saturated rings. The number of rotatable bonds is 13. The summed E-state index contributed by atoms with van der Waals surface area (Å²) >= 11 is 1.87. The minimum atomic E-state index is -0.439. The lowest BCUT2D eigenvalue weighted by atomic mass is 9.33. The van der Waals surface area contributed by atoms with E-state index in [9.17, 15) is 10.5 Å². The summed E-state index contributed by atoms with van der Waals surface area (Å²) in [5.41, 5.74) is 30.5. The minimum absolute atomic E-state index is 0.147. The van der Waals surface area contributed by atoms with Gasteiger partial charge in [0.1, 0.15) is 0 Å². The molecule has 2 aliphatic heterocycles. The molecule has 18 aromatic rings. The predicted molar refractivity (Wildman–Crippen MR) is 486 cm³/mol. The summed E-state index contributed by atoms with van der Waals surface area (Å²) in [5, 5.41) is 25.5. The number of thiophene rings is 1. The fourth-order valence-electron chi connectivity index (χ4n) is 17.8. The van der Waals surface area contributed by atoms with E-state index in [1.165, 1.54) is 27.4 Å². The Morgan fingerprint density at radius 3 is 1.17 bits per heavy atom. The Hall–Kier alpha value is -14.2. The van der Waals surface area contributed by atoms with Crippen LogP contribution in [0.4, 0.5) is 68.2 Å². The van der Waals surface area contributed by atoms with Gasteiger partial charge in [-0.3, -0.25) is 0 Å². The summed E-state index contributed by atoms with van der Waals surface area (Å²) in [6, 6.07) is 138. The second-order valence-corrected chi connectivity index (χ2v) is 33.3. The maximum absolute atomic E-state index is 10.5. The van der Waals surface area contributed by atoms with Crippen molar-refractivity contribution >= 4 is 145 Å². The van der Waals surface area contributed by atoms with Gasteiger partial charge in [-0.25, -0.2) is 0 Å². The quantitative estimate of drug-likeness (QED) is 0.107. The van der Waals surface area contributed by atoms with Gasteiger partial charge in [-0.1, -0.05) is 272 Å². The van der Waals surface area contributed by atoms with Crippen molar-refractivity contribution in [3.8, 4) is 62.3 Å². The lowest BCUT2D eigenvalue weighted by Crippen LogP contribution is -2.61. The molecule has 0 spiro atoms. The van der Waals surface area contributed by atoms with Crippen molar-refractivity contribution in [1.82, 2.24) is 4.57 Å². The molecule has 546 valence electrons. The maximum atomic E-state index is 10.5. The molecule has 0 saturated carbocycles. The van der Waals surface area contributed by atoms with Gasteiger partial charge in [-0.15, -0.1) is 11.3 Å². The van der Waals surface area contributed by atoms with Crippen LogP contribution in [0.1, 0.15) is 63.8 Å². The highest BCUT2D eigenvalue weighted by Crippen LogP contribution is 2.58. The summed E-state index contributed by atoms with van der Waals surface area (Å²) in [4.78, 5) is 10.1. The monoisotopic (exact) mass is 1490 g/mol. The zero-order chi connectivity index (χ0) is 77.8. The van der Waals surface area contributed by atoms with Crippen LogP contribution in [-0.4, -0.2) is 11.3 Å². The van der Waals surface area contributed by atoms with Gasteiger partial charge < -0.3 is 24.2 Å². The second kappa shape index (κ2) is 27.9. The molecule has 16 aromatic carbocycles. The average molecular weight is 1490 g/mol. The highest BCUT2D eigenvalue weighted by Gasteiger charge is 2.48. The van der Waals surface area contributed by atoms with Crippen molar-refractivity contribution in [3.63, 3.8) is 0 Å². The number of para-hydroxylation sites is 4. The van der Waals surface area contributed by atoms with E-state index in [1.54, 1.807) is 0 Å². The van der Waals surface area contributed by atoms with Gasteiger partial charge in [0, 0.05) is 104 Å². The molecule has 115 heavy (non-hydrogen) atoms. The van der Waals surface area contributed by atoms with E-state index in [4.69, 9.17) is 0 Å². The number of hydrogen-bond acceptors (Lipinski definition) is 7. The number of nitrogens with zero attached hydrogens (tertiary/aromatic N) is 7. The van der Waals surface area contributed by atoms with E-state index in [2.05, 4.69) is 418 Å². The van der Waals surface area contributed by atoms with E-state index in [1.807, 2.05) is 35.6 Å². The van der Waals surface area contributed by atoms with Crippen LogP contribution in [-0.2, 0) is 10.8 Å². The molecule has 0 radical (unpaired) electrons. The zero-order valence-electron chi connectivity index (χ0n) is 64.8. The first-order valence-electron chi connectivity index (χ1n) is 39.4. The second-order valence-electron chi connectivity index (χ2n) is 32.2. The summed E-state index contributed by atoms with van der Waals surface area (Å²) in [7, 11) is 0. The number of hydrogen-bond donors (Lipinski definition) is 0. The molecule has 2 aromatic heterocycles. The SMILES string of the molecule is CC(C)(C)c1ccc2c(c1)c1cc(C(C)(C)C)ccc1n2-c1cc2c3c(c1)N(c1c(-c4ccccc4)cccc1-c1ccccc1)c1cc(N(c4ccccc4)c4ccc(C#N)cc4)c4c(sc5ccccc54)c1B3c1ccc(N(c3ccccc3)c3ccc(C#N)cc3)cc1N2c1c(-c2ccccc2)cccc1-c1ccccc1. The highest BCUT2D eigenvalue weighted by atomic mass is 32.1. The number of fused-ring (bicyclic) bond motifs is 11. The average Bonchev–Trinajstić information content (AvgIpc) is 1.66. The molecule has 7 nitrogen and oxygen atoms in total. The highest BCUT2D eigenvalue weighted by molar-refractivity contribution is 7.28. The Kier molecular flexibility index (Phi) is 17.0. The van der Waals surface area contributed by atoms with E-state index < -0.39 is 6.71 Å². The summed E-state index contributed by atoms with van der Waals surface area (Å²) in [6.07, 6.45) is 0. The van der Waals surface area contributed by atoms with Gasteiger partial charge >= 0.3 is 0 Å². The summed E-state index contributed by atoms with van der Waals surface area (Å²) in [5.74, 6) is 0. The van der Waals surface area contributed by atoms with Crippen LogP contribution >= 0.6 is 11.3 Å². The van der Waals surface area contributed by atoms with Gasteiger partial charge in [0.25, 0.3) is 6.71 Å². The van der Waals surface area contributed by atoms with Crippen molar-refractivity contribution in [2.24, 2.45) is 0 Å². The third-order valence-electron chi connectivity index (χ3n) is 23.3. The molecule has 0 saturated heterocycles. The van der Waals surface area contributed by atoms with Crippen LogP contribution in [0.5, 0.6) is 0 Å². The fourth-order valence-corrected chi connectivity index (χ4v) is 19.1. The number of aromatic nitrogens is 1. The predicted octanol–water partition coefficient (Wildman–Crippen LogP) is 27.2. The molecule has 20 rings (SSSR count). The smallest absolute Gasteiger partial charge is 0.254 e. The molecule has 0 aliphatic carbocycles. The summed E-state index contributed by atoms with van der Waals surface area (Å²) in [6.45, 7) is 13.5. The molecule has 0 atom stereocenters. The van der Waals surface area contributed by atoms with Crippen LogP contribution in [0.15, 0.2) is 364 Å². The van der Waals surface area contributed by atoms with Gasteiger partial charge in [0.05, 0.1) is 57.0 Å². The number of anilines is 12. The first-order valence-corrected chi connectivity index (χ1v) is 40.3. The van der Waals surface area contributed by atoms with Crippen molar-refractivity contribution < 1.29 is 0 Å². The van der Waals surface area contributed by atoms with E-state index in [-0.39, 0.29) is 10.8 Å². The maximum Gasteiger partial charge on any atom is 0.254 e. The van der Waals surface area contributed by atoms with Crippen LogP contribution in [0.2, 0.25) is 0 Å². The zero-order valence-corrected chi connectivity index (χ0v) is 65.6. The Bertz CT molecular complexity index is 6730. The molecule has 2 aliphatic rings. The summed E-state index contributed by atoms with van der Waals surface area (Å²) < 4.78 is 4.89. The van der Waals surface area contributed by atoms with Crippen molar-refractivity contribution in [1.29, 1.82) is 10.5 Å². The van der Waals surface area contributed by atoms with Crippen molar-refractivity contribution in [3.05, 3.63) is 386 Å². The Morgan fingerprint density at radius 2 is 0.722 bits per heavy atom. The molecule has 0 bridgehead atoms. The molecular formula is C106H78BN7S. The fraction of sp³-hybridized carbons (Fsp3) is 0.0755. The molecule has 0 N–H and O–H groups in total. The normalized spacial score (nSPS) is 12.4. The topological polar surface area (TPSA) is 65.5 Å². The largest absolute Gasteiger partial charge is 0.310 e. The first-order chi connectivity index (χ1) is 56.3. The Labute approximate surface area is 675 Å². The number of benzene rings is 16. The van der Waals surface area contributed by atoms with E-state index in [0.29, 0.717) is 11.1 Å². The molecule has 0 amide bonds. The van der Waals surface area contributed by atoms with Gasteiger partial charge in [-0.05, 0) is 194 Å². The molecular weight excluding hydrogens is 1410 g/mol. The lowest BCUT2D eigenvalue weighted by molar-refractivity contribution is 0.590.